The van der Waals surface area contributed by atoms with E-state index < -0.39 is 0 Å². The first kappa shape index (κ1) is 17.0. The van der Waals surface area contributed by atoms with Crippen molar-refractivity contribution in [3.63, 3.8) is 0 Å². The number of carbonyl (C=O) groups is 1. The number of anilines is 1. The Hall–Kier alpha value is -2.34. The first-order chi connectivity index (χ1) is 11.0. The molecule has 0 bridgehead atoms. The highest BCUT2D eigenvalue weighted by Gasteiger charge is 2.06. The van der Waals surface area contributed by atoms with Gasteiger partial charge < -0.3 is 9.47 Å². The number of nitrogens with zero attached hydrogens (tertiary/aromatic N) is 1. The van der Waals surface area contributed by atoms with Gasteiger partial charge in [0.05, 0.1) is 19.4 Å². The summed E-state index contributed by atoms with van der Waals surface area (Å²) in [5.74, 6) is 1.11. The molecule has 1 heterocycles. The molecule has 0 atom stereocenters. The fourth-order valence-electron chi connectivity index (χ4n) is 1.91. The summed E-state index contributed by atoms with van der Waals surface area (Å²) in [4.78, 5) is 17.3. The van der Waals surface area contributed by atoms with Gasteiger partial charge in [-0.15, -0.1) is 11.3 Å². The van der Waals surface area contributed by atoms with E-state index in [4.69, 9.17) is 9.47 Å². The molecule has 0 radical (unpaired) electrons. The van der Waals surface area contributed by atoms with E-state index >= 15 is 0 Å². The first-order valence-electron chi connectivity index (χ1n) is 7.27. The molecular weight excluding hydrogens is 312 g/mol. The number of aryl methyl sites for hydroxylation is 2. The lowest BCUT2D eigenvalue weighted by molar-refractivity contribution is -0.111. The smallest absolute Gasteiger partial charge is 0.250 e. The average Bonchev–Trinajstić information content (AvgIpc) is 2.84. The van der Waals surface area contributed by atoms with Gasteiger partial charge in [-0.05, 0) is 44.5 Å². The minimum atomic E-state index is -0.216. The molecule has 1 amide bonds. The average molecular weight is 332 g/mol. The summed E-state index contributed by atoms with van der Waals surface area (Å²) in [7, 11) is 1.59. The van der Waals surface area contributed by atoms with Crippen molar-refractivity contribution in [3.05, 3.63) is 40.4 Å². The zero-order valence-electron chi connectivity index (χ0n) is 13.7. The summed E-state index contributed by atoms with van der Waals surface area (Å²) in [5.41, 5.74) is 1.79. The summed E-state index contributed by atoms with van der Waals surface area (Å²) < 4.78 is 10.8. The Labute approximate surface area is 140 Å². The molecule has 23 heavy (non-hydrogen) atoms. The van der Waals surface area contributed by atoms with E-state index in [0.29, 0.717) is 23.2 Å². The quantitative estimate of drug-likeness (QED) is 0.817. The van der Waals surface area contributed by atoms with E-state index in [0.717, 1.165) is 16.1 Å². The van der Waals surface area contributed by atoms with Crippen LogP contribution in [0, 0.1) is 13.8 Å². The van der Waals surface area contributed by atoms with Crippen molar-refractivity contribution in [3.8, 4) is 11.5 Å². The number of methoxy groups -OCH3 is 1. The number of ether oxygens (including phenoxy) is 2. The van der Waals surface area contributed by atoms with Crippen LogP contribution in [0.25, 0.3) is 6.08 Å². The second-order valence-corrected chi connectivity index (χ2v) is 6.03. The zero-order chi connectivity index (χ0) is 16.8. The zero-order valence-corrected chi connectivity index (χ0v) is 14.5. The third kappa shape index (κ3) is 4.56. The molecule has 0 fully saturated rings. The molecule has 0 aliphatic heterocycles. The van der Waals surface area contributed by atoms with Crippen LogP contribution in [0.5, 0.6) is 11.5 Å². The van der Waals surface area contributed by atoms with Gasteiger partial charge in [0.2, 0.25) is 5.91 Å². The van der Waals surface area contributed by atoms with Gasteiger partial charge in [-0.3, -0.25) is 10.1 Å². The molecule has 0 aliphatic rings. The van der Waals surface area contributed by atoms with E-state index in [1.807, 2.05) is 39.0 Å². The number of benzene rings is 1. The largest absolute Gasteiger partial charge is 0.493 e. The molecule has 0 saturated heterocycles. The predicted molar refractivity (Wildman–Crippen MR) is 93.4 cm³/mol. The van der Waals surface area contributed by atoms with Crippen molar-refractivity contribution in [1.82, 2.24) is 4.98 Å². The van der Waals surface area contributed by atoms with Crippen molar-refractivity contribution in [2.45, 2.75) is 20.8 Å². The lowest BCUT2D eigenvalue weighted by atomic mass is 10.2. The van der Waals surface area contributed by atoms with E-state index in [-0.39, 0.29) is 5.91 Å². The van der Waals surface area contributed by atoms with E-state index in [1.54, 1.807) is 13.2 Å². The van der Waals surface area contributed by atoms with E-state index in [9.17, 15) is 4.79 Å². The van der Waals surface area contributed by atoms with Gasteiger partial charge in [-0.2, -0.15) is 0 Å². The molecule has 0 unspecified atom stereocenters. The van der Waals surface area contributed by atoms with E-state index in [1.165, 1.54) is 17.4 Å². The van der Waals surface area contributed by atoms with Crippen LogP contribution >= 0.6 is 11.3 Å². The Morgan fingerprint density at radius 1 is 1.35 bits per heavy atom. The third-order valence-corrected chi connectivity index (χ3v) is 4.16. The van der Waals surface area contributed by atoms with E-state index in [2.05, 4.69) is 10.3 Å². The number of hydrogen-bond donors (Lipinski definition) is 1. The first-order valence-corrected chi connectivity index (χ1v) is 8.09. The predicted octanol–water partition coefficient (Wildman–Crippen LogP) is 3.82. The minimum Gasteiger partial charge on any atom is -0.493 e. The van der Waals surface area contributed by atoms with Crippen LogP contribution in [-0.4, -0.2) is 24.6 Å². The van der Waals surface area contributed by atoms with Crippen LogP contribution in [0.4, 0.5) is 5.13 Å². The van der Waals surface area contributed by atoms with Crippen LogP contribution < -0.4 is 14.8 Å². The molecule has 5 nitrogen and oxygen atoms in total. The highest BCUT2D eigenvalue weighted by molar-refractivity contribution is 7.15. The number of rotatable bonds is 6. The molecule has 0 saturated carbocycles. The molecule has 1 N–H and O–H groups in total. The highest BCUT2D eigenvalue weighted by atomic mass is 32.1. The molecule has 2 rings (SSSR count). The van der Waals surface area contributed by atoms with Crippen LogP contribution in [0.2, 0.25) is 0 Å². The molecular formula is C17H20N2O3S. The van der Waals surface area contributed by atoms with Crippen LogP contribution in [-0.2, 0) is 4.79 Å². The normalized spacial score (nSPS) is 10.8. The Morgan fingerprint density at radius 3 is 2.74 bits per heavy atom. The Kier molecular flexibility index (Phi) is 5.76. The number of thiazole rings is 1. The minimum absolute atomic E-state index is 0.216. The van der Waals surface area contributed by atoms with Gasteiger partial charge in [-0.1, -0.05) is 6.07 Å². The standard InChI is InChI=1S/C17H20N2O3S/c1-5-22-14-8-6-13(10-15(14)21-4)7-9-16(20)19-17-18-11(2)12(3)23-17/h6-10H,5H2,1-4H3,(H,18,19,20)/b9-7+. The van der Waals surface area contributed by atoms with Gasteiger partial charge in [0.25, 0.3) is 0 Å². The Balaban J connectivity index is 2.05. The maximum atomic E-state index is 11.9. The summed E-state index contributed by atoms with van der Waals surface area (Å²) >= 11 is 1.46. The second-order valence-electron chi connectivity index (χ2n) is 4.83. The van der Waals surface area contributed by atoms with Crippen molar-refractivity contribution in [2.24, 2.45) is 0 Å². The monoisotopic (exact) mass is 332 g/mol. The van der Waals surface area contributed by atoms with Crippen LogP contribution in [0.3, 0.4) is 0 Å². The van der Waals surface area contributed by atoms with Crippen molar-refractivity contribution in [1.29, 1.82) is 0 Å². The molecule has 0 spiro atoms. The van der Waals surface area contributed by atoms with Crippen molar-refractivity contribution in [2.75, 3.05) is 19.0 Å². The van der Waals surface area contributed by atoms with Crippen molar-refractivity contribution >= 4 is 28.5 Å². The molecule has 6 heteroatoms. The van der Waals surface area contributed by atoms with Gasteiger partial charge in [0.15, 0.2) is 16.6 Å². The van der Waals surface area contributed by atoms with Crippen LogP contribution in [0.1, 0.15) is 23.1 Å². The third-order valence-electron chi connectivity index (χ3n) is 3.17. The molecule has 0 aliphatic carbocycles. The maximum Gasteiger partial charge on any atom is 0.250 e. The lowest BCUT2D eigenvalue weighted by Crippen LogP contribution is -2.07. The summed E-state index contributed by atoms with van der Waals surface area (Å²) in [6.07, 6.45) is 3.20. The second kappa shape index (κ2) is 7.78. The van der Waals surface area contributed by atoms with Crippen LogP contribution in [0.15, 0.2) is 24.3 Å². The van der Waals surface area contributed by atoms with Gasteiger partial charge in [0, 0.05) is 11.0 Å². The summed E-state index contributed by atoms with van der Waals surface area (Å²) in [5, 5.41) is 3.37. The summed E-state index contributed by atoms with van der Waals surface area (Å²) in [6.45, 7) is 6.38. The van der Waals surface area contributed by atoms with Gasteiger partial charge in [0.1, 0.15) is 0 Å². The topological polar surface area (TPSA) is 60.5 Å². The molecule has 122 valence electrons. The lowest BCUT2D eigenvalue weighted by Gasteiger charge is -2.09. The van der Waals surface area contributed by atoms with Gasteiger partial charge >= 0.3 is 0 Å². The molecule has 1 aromatic heterocycles. The SMILES string of the molecule is CCOc1ccc(/C=C/C(=O)Nc2nc(C)c(C)s2)cc1OC. The highest BCUT2D eigenvalue weighted by Crippen LogP contribution is 2.28. The van der Waals surface area contributed by atoms with Crippen molar-refractivity contribution < 1.29 is 14.3 Å². The number of aromatic nitrogens is 1. The fraction of sp³-hybridized carbons (Fsp3) is 0.294. The Morgan fingerprint density at radius 2 is 2.13 bits per heavy atom. The number of hydrogen-bond acceptors (Lipinski definition) is 5. The molecule has 2 aromatic rings. The fourth-order valence-corrected chi connectivity index (χ4v) is 2.73. The Bertz CT molecular complexity index is 703. The maximum absolute atomic E-state index is 11.9. The van der Waals surface area contributed by atoms with Gasteiger partial charge in [-0.25, -0.2) is 4.98 Å². The molecule has 1 aromatic carbocycles. The number of amides is 1. The summed E-state index contributed by atoms with van der Waals surface area (Å²) in [6, 6.07) is 5.52. The number of nitrogens with one attached hydrogen (secondary N) is 1. The number of carbonyl (C=O) groups excluding carboxylic acids is 1.